The van der Waals surface area contributed by atoms with Gasteiger partial charge in [-0.25, -0.2) is 0 Å². The molecule has 0 amide bonds. The highest BCUT2D eigenvalue weighted by atomic mass is 15.2. The number of likely N-dealkylation sites (tertiary alicyclic amines) is 1. The summed E-state index contributed by atoms with van der Waals surface area (Å²) in [6.07, 6.45) is 5.03. The molecule has 0 bridgehead atoms. The molecule has 1 heterocycles. The molecule has 1 fully saturated rings. The Balaban J connectivity index is 1.96. The minimum absolute atomic E-state index is 0.647. The van der Waals surface area contributed by atoms with Crippen molar-refractivity contribution >= 4 is 0 Å². The zero-order valence-corrected chi connectivity index (χ0v) is 10.9. The van der Waals surface area contributed by atoms with Crippen LogP contribution < -0.4 is 5.73 Å². The molecule has 0 aromatic heterocycles. The average molecular weight is 232 g/mol. The molecule has 1 aliphatic rings. The maximum atomic E-state index is 5.56. The number of hydrogen-bond acceptors (Lipinski definition) is 2. The van der Waals surface area contributed by atoms with Gasteiger partial charge in [-0.3, -0.25) is 4.90 Å². The second kappa shape index (κ2) is 6.18. The summed E-state index contributed by atoms with van der Waals surface area (Å²) < 4.78 is 0. The minimum Gasteiger partial charge on any atom is -0.330 e. The van der Waals surface area contributed by atoms with Crippen LogP contribution in [0.2, 0.25) is 0 Å². The predicted octanol–water partition coefficient (Wildman–Crippen LogP) is 2.87. The minimum atomic E-state index is 0.647. The third kappa shape index (κ3) is 3.30. The van der Waals surface area contributed by atoms with Crippen LogP contribution in [0.5, 0.6) is 0 Å². The van der Waals surface area contributed by atoms with Crippen LogP contribution in [0.15, 0.2) is 24.3 Å². The van der Waals surface area contributed by atoms with Crippen LogP contribution in [-0.2, 0) is 0 Å². The molecular weight excluding hydrogens is 208 g/mol. The molecule has 1 aromatic rings. The summed E-state index contributed by atoms with van der Waals surface area (Å²) in [6, 6.07) is 9.69. The van der Waals surface area contributed by atoms with E-state index in [1.54, 1.807) is 0 Å². The smallest absolute Gasteiger partial charge is 0.0348 e. The summed E-state index contributed by atoms with van der Waals surface area (Å²) in [5.41, 5.74) is 8.39. The van der Waals surface area contributed by atoms with Gasteiger partial charge in [0.25, 0.3) is 0 Å². The zero-order valence-electron chi connectivity index (χ0n) is 10.9. The van der Waals surface area contributed by atoms with Crippen LogP contribution in [-0.4, -0.2) is 24.5 Å². The quantitative estimate of drug-likeness (QED) is 0.791. The van der Waals surface area contributed by atoms with Gasteiger partial charge in [0, 0.05) is 6.04 Å². The van der Waals surface area contributed by atoms with Crippen LogP contribution in [0.4, 0.5) is 0 Å². The predicted molar refractivity (Wildman–Crippen MR) is 73.0 cm³/mol. The Morgan fingerprint density at radius 3 is 2.71 bits per heavy atom. The van der Waals surface area contributed by atoms with Crippen molar-refractivity contribution in [2.45, 2.75) is 38.6 Å². The van der Waals surface area contributed by atoms with Crippen molar-refractivity contribution < 1.29 is 0 Å². The van der Waals surface area contributed by atoms with E-state index < -0.39 is 0 Å². The van der Waals surface area contributed by atoms with Crippen LogP contribution >= 0.6 is 0 Å². The highest BCUT2D eigenvalue weighted by molar-refractivity contribution is 5.24. The molecule has 0 radical (unpaired) electrons. The Bertz CT molecular complexity index is 331. The average Bonchev–Trinajstić information content (AvgIpc) is 2.79. The number of rotatable bonds is 5. The molecule has 0 spiro atoms. The van der Waals surface area contributed by atoms with Crippen LogP contribution in [0.1, 0.15) is 42.9 Å². The van der Waals surface area contributed by atoms with Crippen molar-refractivity contribution in [3.8, 4) is 0 Å². The molecule has 2 heteroatoms. The first-order valence-electron chi connectivity index (χ1n) is 6.82. The molecule has 0 aliphatic carbocycles. The Morgan fingerprint density at radius 1 is 1.24 bits per heavy atom. The summed E-state index contributed by atoms with van der Waals surface area (Å²) in [6.45, 7) is 5.43. The molecule has 94 valence electrons. The van der Waals surface area contributed by atoms with Gasteiger partial charge < -0.3 is 5.73 Å². The van der Waals surface area contributed by atoms with Crippen LogP contribution in [0, 0.1) is 6.92 Å². The van der Waals surface area contributed by atoms with Crippen molar-refractivity contribution in [1.82, 2.24) is 4.90 Å². The van der Waals surface area contributed by atoms with Gasteiger partial charge in [0.15, 0.2) is 0 Å². The summed E-state index contributed by atoms with van der Waals surface area (Å²) in [4.78, 5) is 2.63. The monoisotopic (exact) mass is 232 g/mol. The number of nitrogens with two attached hydrogens (primary N) is 1. The van der Waals surface area contributed by atoms with Gasteiger partial charge in [0.1, 0.15) is 0 Å². The molecule has 1 unspecified atom stereocenters. The van der Waals surface area contributed by atoms with E-state index in [2.05, 4.69) is 36.1 Å². The second-order valence-corrected chi connectivity index (χ2v) is 5.10. The molecule has 1 atom stereocenters. The Morgan fingerprint density at radius 2 is 2.00 bits per heavy atom. The molecule has 1 aromatic carbocycles. The highest BCUT2D eigenvalue weighted by Gasteiger charge is 2.24. The van der Waals surface area contributed by atoms with Gasteiger partial charge in [-0.2, -0.15) is 0 Å². The summed E-state index contributed by atoms with van der Waals surface area (Å²) >= 11 is 0. The van der Waals surface area contributed by atoms with Crippen molar-refractivity contribution in [2.75, 3.05) is 19.6 Å². The van der Waals surface area contributed by atoms with Crippen molar-refractivity contribution in [1.29, 1.82) is 0 Å². The van der Waals surface area contributed by atoms with E-state index in [-0.39, 0.29) is 0 Å². The van der Waals surface area contributed by atoms with Gasteiger partial charge in [0.2, 0.25) is 0 Å². The molecule has 2 nitrogen and oxygen atoms in total. The van der Waals surface area contributed by atoms with Gasteiger partial charge in [-0.05, 0) is 57.8 Å². The molecule has 1 aliphatic heterocycles. The third-order valence-corrected chi connectivity index (χ3v) is 3.73. The van der Waals surface area contributed by atoms with Gasteiger partial charge in [0.05, 0.1) is 0 Å². The lowest BCUT2D eigenvalue weighted by Crippen LogP contribution is -2.24. The Hall–Kier alpha value is -0.860. The van der Waals surface area contributed by atoms with Crippen molar-refractivity contribution in [2.24, 2.45) is 5.73 Å². The molecule has 17 heavy (non-hydrogen) atoms. The number of hydrogen-bond donors (Lipinski definition) is 1. The van der Waals surface area contributed by atoms with Crippen LogP contribution in [0.25, 0.3) is 0 Å². The van der Waals surface area contributed by atoms with Crippen molar-refractivity contribution in [3.63, 3.8) is 0 Å². The number of nitrogens with zero attached hydrogens (tertiary/aromatic N) is 1. The third-order valence-electron chi connectivity index (χ3n) is 3.73. The topological polar surface area (TPSA) is 29.3 Å². The fourth-order valence-corrected chi connectivity index (χ4v) is 2.72. The lowest BCUT2D eigenvalue weighted by molar-refractivity contribution is 0.252. The largest absolute Gasteiger partial charge is 0.330 e. The number of benzene rings is 1. The molecule has 2 rings (SSSR count). The van der Waals surface area contributed by atoms with Gasteiger partial charge in [-0.1, -0.05) is 29.8 Å². The van der Waals surface area contributed by atoms with E-state index in [4.69, 9.17) is 5.73 Å². The summed E-state index contributed by atoms with van der Waals surface area (Å²) in [5, 5.41) is 0. The van der Waals surface area contributed by atoms with Gasteiger partial charge >= 0.3 is 0 Å². The molecule has 1 saturated heterocycles. The van der Waals surface area contributed by atoms with E-state index in [0.29, 0.717) is 6.04 Å². The van der Waals surface area contributed by atoms with Crippen molar-refractivity contribution in [3.05, 3.63) is 35.4 Å². The van der Waals surface area contributed by atoms with Crippen LogP contribution in [0.3, 0.4) is 0 Å². The second-order valence-electron chi connectivity index (χ2n) is 5.10. The number of aryl methyl sites for hydroxylation is 1. The van der Waals surface area contributed by atoms with E-state index in [9.17, 15) is 0 Å². The fraction of sp³-hybridized carbons (Fsp3) is 0.600. The SMILES string of the molecule is Cc1ccc(C2CCCN2CCCCN)cc1. The van der Waals surface area contributed by atoms with E-state index in [1.165, 1.54) is 43.5 Å². The molecular formula is C15H24N2. The Labute approximate surface area is 105 Å². The molecule has 2 N–H and O–H groups in total. The lowest BCUT2D eigenvalue weighted by atomic mass is 10.0. The maximum absolute atomic E-state index is 5.56. The first-order valence-corrected chi connectivity index (χ1v) is 6.82. The zero-order chi connectivity index (χ0) is 12.1. The van der Waals surface area contributed by atoms with E-state index in [1.807, 2.05) is 0 Å². The maximum Gasteiger partial charge on any atom is 0.0348 e. The fourth-order valence-electron chi connectivity index (χ4n) is 2.72. The highest BCUT2D eigenvalue weighted by Crippen LogP contribution is 2.31. The normalized spacial score (nSPS) is 20.9. The number of unbranched alkanes of at least 4 members (excludes halogenated alkanes) is 1. The summed E-state index contributed by atoms with van der Waals surface area (Å²) in [5.74, 6) is 0. The first kappa shape index (κ1) is 12.6. The van der Waals surface area contributed by atoms with Gasteiger partial charge in [-0.15, -0.1) is 0 Å². The lowest BCUT2D eigenvalue weighted by Gasteiger charge is -2.24. The first-order chi connectivity index (χ1) is 8.31. The standard InChI is InChI=1S/C15H24N2/c1-13-6-8-14(9-7-13)15-5-4-12-17(15)11-3-2-10-16/h6-9,15H,2-5,10-12,16H2,1H3. The van der Waals surface area contributed by atoms with E-state index in [0.717, 1.165) is 13.0 Å². The summed E-state index contributed by atoms with van der Waals surface area (Å²) in [7, 11) is 0. The molecule has 0 saturated carbocycles. The Kier molecular flexibility index (Phi) is 4.57. The van der Waals surface area contributed by atoms with E-state index >= 15 is 0 Å².